The molecule has 1 fully saturated rings. The summed E-state index contributed by atoms with van der Waals surface area (Å²) in [6.45, 7) is 3.02. The van der Waals surface area contributed by atoms with Crippen molar-refractivity contribution in [1.29, 1.82) is 0 Å². The first-order valence-corrected chi connectivity index (χ1v) is 9.99. The molecule has 4 rings (SSSR count). The van der Waals surface area contributed by atoms with Crippen LogP contribution in [0.2, 0.25) is 0 Å². The van der Waals surface area contributed by atoms with Crippen LogP contribution >= 0.6 is 0 Å². The Morgan fingerprint density at radius 3 is 2.46 bits per heavy atom. The van der Waals surface area contributed by atoms with Crippen LogP contribution in [-0.2, 0) is 4.79 Å². The van der Waals surface area contributed by atoms with Crippen molar-refractivity contribution in [2.75, 3.05) is 0 Å². The smallest absolute Gasteiger partial charge is 0.308 e. The monoisotopic (exact) mass is 375 g/mol. The number of aromatic nitrogens is 1. The number of H-pyrrole nitrogens is 1. The maximum atomic E-state index is 12.2. The predicted octanol–water partition coefficient (Wildman–Crippen LogP) is 6.01. The highest BCUT2D eigenvalue weighted by atomic mass is 16.5. The Morgan fingerprint density at radius 1 is 1.00 bits per heavy atom. The third-order valence-corrected chi connectivity index (χ3v) is 5.66. The quantitative estimate of drug-likeness (QED) is 0.345. The predicted molar refractivity (Wildman–Crippen MR) is 111 cm³/mol. The number of aromatic amines is 1. The van der Waals surface area contributed by atoms with E-state index in [1.54, 1.807) is 6.92 Å². The number of esters is 1. The number of carbonyl (C=O) groups is 2. The number of hydrogen-bond acceptors (Lipinski definition) is 3. The van der Waals surface area contributed by atoms with Crippen LogP contribution in [0.5, 0.6) is 5.75 Å². The highest BCUT2D eigenvalue weighted by Crippen LogP contribution is 2.43. The number of rotatable bonds is 4. The van der Waals surface area contributed by atoms with Crippen molar-refractivity contribution in [2.45, 2.75) is 51.9 Å². The van der Waals surface area contributed by atoms with E-state index in [1.165, 1.54) is 31.7 Å². The van der Waals surface area contributed by atoms with Gasteiger partial charge in [-0.25, -0.2) is 0 Å². The second kappa shape index (κ2) is 7.63. The van der Waals surface area contributed by atoms with E-state index in [0.29, 0.717) is 11.7 Å². The van der Waals surface area contributed by atoms with E-state index in [9.17, 15) is 9.59 Å². The third kappa shape index (κ3) is 3.47. The molecule has 3 aromatic rings. The molecule has 1 aliphatic rings. The van der Waals surface area contributed by atoms with E-state index in [1.807, 2.05) is 42.5 Å². The number of benzene rings is 2. The molecule has 0 radical (unpaired) electrons. The second-order valence-corrected chi connectivity index (χ2v) is 7.65. The van der Waals surface area contributed by atoms with Gasteiger partial charge < -0.3 is 9.72 Å². The maximum Gasteiger partial charge on any atom is 0.308 e. The number of fused-ring (bicyclic) bond motifs is 1. The van der Waals surface area contributed by atoms with Crippen LogP contribution in [0.15, 0.2) is 42.5 Å². The van der Waals surface area contributed by atoms with Crippen LogP contribution in [0, 0.1) is 0 Å². The van der Waals surface area contributed by atoms with E-state index in [2.05, 4.69) is 4.98 Å². The molecule has 1 aromatic heterocycles. The van der Waals surface area contributed by atoms with Crippen molar-refractivity contribution < 1.29 is 14.3 Å². The van der Waals surface area contributed by atoms with Crippen molar-refractivity contribution in [3.63, 3.8) is 0 Å². The molecule has 1 aliphatic carbocycles. The number of Topliss-reactive ketones (excluding diaryl/α,β-unsaturated/α-hetero) is 1. The Bertz CT molecular complexity index is 1040. The van der Waals surface area contributed by atoms with Gasteiger partial charge in [0.25, 0.3) is 0 Å². The van der Waals surface area contributed by atoms with Crippen LogP contribution in [0.25, 0.3) is 22.2 Å². The molecule has 2 aromatic carbocycles. The highest BCUT2D eigenvalue weighted by molar-refractivity contribution is 6.03. The second-order valence-electron chi connectivity index (χ2n) is 7.65. The lowest BCUT2D eigenvalue weighted by Crippen LogP contribution is -2.06. The van der Waals surface area contributed by atoms with E-state index in [0.717, 1.165) is 40.6 Å². The number of hydrogen-bond donors (Lipinski definition) is 1. The normalized spacial score (nSPS) is 14.9. The van der Waals surface area contributed by atoms with Crippen molar-refractivity contribution >= 4 is 22.7 Å². The van der Waals surface area contributed by atoms with E-state index >= 15 is 0 Å². The molecule has 144 valence electrons. The average molecular weight is 375 g/mol. The minimum atomic E-state index is -0.333. The molecule has 0 spiro atoms. The molecule has 0 aliphatic heterocycles. The van der Waals surface area contributed by atoms with Gasteiger partial charge in [-0.1, -0.05) is 43.5 Å². The lowest BCUT2D eigenvalue weighted by Gasteiger charge is -2.23. The molecule has 0 bridgehead atoms. The summed E-state index contributed by atoms with van der Waals surface area (Å²) in [5.41, 5.74) is 4.92. The molecule has 0 atom stereocenters. The van der Waals surface area contributed by atoms with Gasteiger partial charge in [0.2, 0.25) is 0 Å². The fourth-order valence-corrected chi connectivity index (χ4v) is 4.46. The molecule has 28 heavy (non-hydrogen) atoms. The topological polar surface area (TPSA) is 59.2 Å². The number of ether oxygens (including phenoxy) is 1. The Morgan fingerprint density at radius 2 is 1.75 bits per heavy atom. The zero-order valence-electron chi connectivity index (χ0n) is 16.4. The van der Waals surface area contributed by atoms with Gasteiger partial charge in [-0.3, -0.25) is 9.59 Å². The summed E-state index contributed by atoms with van der Waals surface area (Å²) in [5.74, 6) is 0.727. The van der Waals surface area contributed by atoms with Gasteiger partial charge in [0.05, 0.1) is 5.69 Å². The Kier molecular flexibility index (Phi) is 5.03. The Balaban J connectivity index is 1.93. The summed E-state index contributed by atoms with van der Waals surface area (Å²) in [6, 6.07) is 13.5. The van der Waals surface area contributed by atoms with Crippen LogP contribution in [0.3, 0.4) is 0 Å². The van der Waals surface area contributed by atoms with E-state index < -0.39 is 0 Å². The SMILES string of the molecule is CC(=O)Oc1ccc2c(C3CCCCC3)c(-c3ccccc3C(C)=O)[nH]c2c1. The van der Waals surface area contributed by atoms with Crippen molar-refractivity contribution in [3.8, 4) is 17.0 Å². The first kappa shape index (κ1) is 18.5. The minimum absolute atomic E-state index is 0.0597. The fourth-order valence-electron chi connectivity index (χ4n) is 4.46. The fraction of sp³-hybridized carbons (Fsp3) is 0.333. The molecule has 0 amide bonds. The number of ketones is 1. The summed E-state index contributed by atoms with van der Waals surface area (Å²) < 4.78 is 5.27. The zero-order valence-corrected chi connectivity index (χ0v) is 16.4. The van der Waals surface area contributed by atoms with Crippen molar-refractivity contribution in [2.24, 2.45) is 0 Å². The summed E-state index contributed by atoms with van der Waals surface area (Å²) >= 11 is 0. The molecule has 1 heterocycles. The lowest BCUT2D eigenvalue weighted by molar-refractivity contribution is -0.131. The molecule has 1 saturated carbocycles. The van der Waals surface area contributed by atoms with Crippen LogP contribution in [0.4, 0.5) is 0 Å². The molecule has 4 heteroatoms. The summed E-state index contributed by atoms with van der Waals surface area (Å²) in [5, 5.41) is 1.15. The molecular formula is C24H25NO3. The standard InChI is InChI=1S/C24H25NO3/c1-15(26)19-10-6-7-11-20(19)24-23(17-8-4-3-5-9-17)21-13-12-18(28-16(2)27)14-22(21)25-24/h6-7,10-14,17,25H,3-5,8-9H2,1-2H3. The van der Waals surface area contributed by atoms with Gasteiger partial charge in [-0.2, -0.15) is 0 Å². The van der Waals surface area contributed by atoms with Crippen molar-refractivity contribution in [1.82, 2.24) is 4.98 Å². The number of nitrogens with one attached hydrogen (secondary N) is 1. The van der Waals surface area contributed by atoms with Gasteiger partial charge in [-0.15, -0.1) is 0 Å². The summed E-state index contributed by atoms with van der Waals surface area (Å²) in [7, 11) is 0. The molecule has 1 N–H and O–H groups in total. The first-order chi connectivity index (χ1) is 13.5. The minimum Gasteiger partial charge on any atom is -0.427 e. The van der Waals surface area contributed by atoms with Crippen LogP contribution < -0.4 is 4.74 Å². The van der Waals surface area contributed by atoms with Gasteiger partial charge in [-0.05, 0) is 43.4 Å². The van der Waals surface area contributed by atoms with Gasteiger partial charge in [0.1, 0.15) is 5.75 Å². The highest BCUT2D eigenvalue weighted by Gasteiger charge is 2.25. The Hall–Kier alpha value is -2.88. The summed E-state index contributed by atoms with van der Waals surface area (Å²) in [4.78, 5) is 27.1. The van der Waals surface area contributed by atoms with Gasteiger partial charge >= 0.3 is 5.97 Å². The lowest BCUT2D eigenvalue weighted by atomic mass is 9.81. The van der Waals surface area contributed by atoms with Crippen molar-refractivity contribution in [3.05, 3.63) is 53.6 Å². The molecule has 0 unspecified atom stereocenters. The van der Waals surface area contributed by atoms with Gasteiger partial charge in [0.15, 0.2) is 5.78 Å². The average Bonchev–Trinajstić information content (AvgIpc) is 3.06. The zero-order chi connectivity index (χ0) is 19.7. The summed E-state index contributed by atoms with van der Waals surface area (Å²) in [6.07, 6.45) is 6.07. The van der Waals surface area contributed by atoms with Crippen LogP contribution in [-0.4, -0.2) is 16.7 Å². The van der Waals surface area contributed by atoms with E-state index in [-0.39, 0.29) is 11.8 Å². The third-order valence-electron chi connectivity index (χ3n) is 5.66. The molecule has 4 nitrogen and oxygen atoms in total. The Labute approximate surface area is 164 Å². The maximum absolute atomic E-state index is 12.2. The number of carbonyl (C=O) groups excluding carboxylic acids is 2. The molecular weight excluding hydrogens is 350 g/mol. The van der Waals surface area contributed by atoms with Crippen LogP contribution in [0.1, 0.15) is 67.8 Å². The van der Waals surface area contributed by atoms with Gasteiger partial charge in [0, 0.05) is 35.0 Å². The molecule has 0 saturated heterocycles. The van der Waals surface area contributed by atoms with E-state index in [4.69, 9.17) is 4.74 Å². The largest absolute Gasteiger partial charge is 0.427 e. The first-order valence-electron chi connectivity index (χ1n) is 9.99.